The van der Waals surface area contributed by atoms with Gasteiger partial charge in [-0.3, -0.25) is 0 Å². The van der Waals surface area contributed by atoms with Gasteiger partial charge < -0.3 is 19.9 Å². The molecule has 2 amide bonds. The van der Waals surface area contributed by atoms with Gasteiger partial charge >= 0.3 is 6.03 Å². The van der Waals surface area contributed by atoms with Gasteiger partial charge in [0.05, 0.1) is 6.61 Å². The normalized spacial score (nSPS) is 16.8. The van der Waals surface area contributed by atoms with E-state index in [2.05, 4.69) is 15.2 Å². The van der Waals surface area contributed by atoms with Crippen LogP contribution in [0.1, 0.15) is 18.4 Å². The Morgan fingerprint density at radius 2 is 2.00 bits per heavy atom. The highest BCUT2D eigenvalue weighted by molar-refractivity contribution is 6.30. The standard InChI is InChI=1S/C21H25ClN4O2/c22-18-2-1-3-19(12-18)25-8-10-26(11-9-25)21(27)24-14-17-6-7-20(23-13-17)28-15-16-4-5-16/h1-3,6-7,12-13,16H,4-5,8-11,14-15H2,(H,24,27). The molecule has 1 N–H and O–H groups in total. The summed E-state index contributed by atoms with van der Waals surface area (Å²) in [6.45, 7) is 4.17. The molecule has 1 saturated carbocycles. The smallest absolute Gasteiger partial charge is 0.317 e. The predicted molar refractivity (Wildman–Crippen MR) is 110 cm³/mol. The quantitative estimate of drug-likeness (QED) is 0.805. The van der Waals surface area contributed by atoms with Crippen molar-refractivity contribution in [3.05, 3.63) is 53.2 Å². The molecule has 0 unspecified atom stereocenters. The lowest BCUT2D eigenvalue weighted by atomic mass is 10.2. The Morgan fingerprint density at radius 1 is 1.18 bits per heavy atom. The van der Waals surface area contributed by atoms with Crippen molar-refractivity contribution < 1.29 is 9.53 Å². The molecule has 148 valence electrons. The fraction of sp³-hybridized carbons (Fsp3) is 0.429. The number of piperazine rings is 1. The van der Waals surface area contributed by atoms with Crippen molar-refractivity contribution >= 4 is 23.3 Å². The van der Waals surface area contributed by atoms with Crippen molar-refractivity contribution in [3.8, 4) is 5.88 Å². The monoisotopic (exact) mass is 400 g/mol. The third-order valence-electron chi connectivity index (χ3n) is 5.15. The van der Waals surface area contributed by atoms with E-state index in [-0.39, 0.29) is 6.03 Å². The van der Waals surface area contributed by atoms with Crippen LogP contribution in [-0.4, -0.2) is 48.7 Å². The molecule has 1 saturated heterocycles. The summed E-state index contributed by atoms with van der Waals surface area (Å²) in [7, 11) is 0. The summed E-state index contributed by atoms with van der Waals surface area (Å²) in [5.74, 6) is 1.36. The maximum atomic E-state index is 12.5. The summed E-state index contributed by atoms with van der Waals surface area (Å²) >= 11 is 6.07. The molecule has 7 heteroatoms. The maximum absolute atomic E-state index is 12.5. The lowest BCUT2D eigenvalue weighted by Crippen LogP contribution is -2.51. The largest absolute Gasteiger partial charge is 0.477 e. The number of carbonyl (C=O) groups is 1. The van der Waals surface area contributed by atoms with Crippen molar-refractivity contribution in [1.82, 2.24) is 15.2 Å². The number of rotatable bonds is 6. The number of aromatic nitrogens is 1. The van der Waals surface area contributed by atoms with Crippen molar-refractivity contribution in [2.45, 2.75) is 19.4 Å². The molecule has 1 aromatic carbocycles. The van der Waals surface area contributed by atoms with Crippen molar-refractivity contribution in [1.29, 1.82) is 0 Å². The van der Waals surface area contributed by atoms with Gasteiger partial charge in [-0.1, -0.05) is 23.7 Å². The third kappa shape index (κ3) is 5.07. The van der Waals surface area contributed by atoms with Crippen LogP contribution in [0.2, 0.25) is 5.02 Å². The first-order valence-corrected chi connectivity index (χ1v) is 10.2. The van der Waals surface area contributed by atoms with E-state index < -0.39 is 0 Å². The number of pyridine rings is 1. The van der Waals surface area contributed by atoms with E-state index in [9.17, 15) is 4.79 Å². The van der Waals surface area contributed by atoms with E-state index in [1.165, 1.54) is 12.8 Å². The first-order chi connectivity index (χ1) is 13.7. The van der Waals surface area contributed by atoms with E-state index >= 15 is 0 Å². The highest BCUT2D eigenvalue weighted by atomic mass is 35.5. The number of amides is 2. The average molecular weight is 401 g/mol. The number of ether oxygens (including phenoxy) is 1. The van der Waals surface area contributed by atoms with Crippen LogP contribution in [0.3, 0.4) is 0 Å². The lowest BCUT2D eigenvalue weighted by molar-refractivity contribution is 0.194. The van der Waals surface area contributed by atoms with Crippen LogP contribution in [0.4, 0.5) is 10.5 Å². The van der Waals surface area contributed by atoms with Gasteiger partial charge in [0.25, 0.3) is 0 Å². The summed E-state index contributed by atoms with van der Waals surface area (Å²) in [5, 5.41) is 3.71. The molecule has 28 heavy (non-hydrogen) atoms. The number of urea groups is 1. The summed E-state index contributed by atoms with van der Waals surface area (Å²) in [4.78, 5) is 20.9. The predicted octanol–water partition coefficient (Wildman–Crippen LogP) is 3.56. The SMILES string of the molecule is O=C(NCc1ccc(OCC2CC2)nc1)N1CCN(c2cccc(Cl)c2)CC1. The van der Waals surface area contributed by atoms with Crippen molar-refractivity contribution in [2.24, 2.45) is 5.92 Å². The summed E-state index contributed by atoms with van der Waals surface area (Å²) < 4.78 is 5.64. The number of anilines is 1. The first-order valence-electron chi connectivity index (χ1n) is 9.78. The zero-order chi connectivity index (χ0) is 19.3. The van der Waals surface area contributed by atoms with Crippen LogP contribution in [0.15, 0.2) is 42.6 Å². The fourth-order valence-electron chi connectivity index (χ4n) is 3.22. The Balaban J connectivity index is 1.21. The topological polar surface area (TPSA) is 57.7 Å². The second-order valence-electron chi connectivity index (χ2n) is 7.37. The molecule has 4 rings (SSSR count). The Kier molecular flexibility index (Phi) is 5.86. The molecule has 1 aromatic heterocycles. The maximum Gasteiger partial charge on any atom is 0.317 e. The molecule has 0 radical (unpaired) electrons. The molecular formula is C21H25ClN4O2. The van der Waals surface area contributed by atoms with Crippen molar-refractivity contribution in [3.63, 3.8) is 0 Å². The number of nitrogens with one attached hydrogen (secondary N) is 1. The molecular weight excluding hydrogens is 376 g/mol. The molecule has 1 aliphatic heterocycles. The van der Waals surface area contributed by atoms with Gasteiger partial charge in [0.2, 0.25) is 5.88 Å². The Bertz CT molecular complexity index is 802. The second-order valence-corrected chi connectivity index (χ2v) is 7.81. The number of nitrogens with zero attached hydrogens (tertiary/aromatic N) is 3. The minimum Gasteiger partial charge on any atom is -0.477 e. The van der Waals surface area contributed by atoms with Crippen LogP contribution >= 0.6 is 11.6 Å². The lowest BCUT2D eigenvalue weighted by Gasteiger charge is -2.36. The number of hydrogen-bond acceptors (Lipinski definition) is 4. The van der Waals surface area contributed by atoms with Crippen LogP contribution < -0.4 is 15.0 Å². The van der Waals surface area contributed by atoms with Crippen LogP contribution in [-0.2, 0) is 6.54 Å². The third-order valence-corrected chi connectivity index (χ3v) is 5.38. The van der Waals surface area contributed by atoms with Crippen LogP contribution in [0, 0.1) is 5.92 Å². The molecule has 0 bridgehead atoms. The highest BCUT2D eigenvalue weighted by Crippen LogP contribution is 2.29. The van der Waals surface area contributed by atoms with E-state index in [0.29, 0.717) is 31.4 Å². The number of benzene rings is 1. The summed E-state index contributed by atoms with van der Waals surface area (Å²) in [6, 6.07) is 11.6. The van der Waals surface area contributed by atoms with Gasteiger partial charge in [-0.15, -0.1) is 0 Å². The average Bonchev–Trinajstić information content (AvgIpc) is 3.56. The molecule has 2 aliphatic rings. The van der Waals surface area contributed by atoms with Gasteiger partial charge in [-0.05, 0) is 42.5 Å². The van der Waals surface area contributed by atoms with E-state index in [1.807, 2.05) is 41.3 Å². The highest BCUT2D eigenvalue weighted by Gasteiger charge is 2.22. The van der Waals surface area contributed by atoms with Crippen LogP contribution in [0.25, 0.3) is 0 Å². The summed E-state index contributed by atoms with van der Waals surface area (Å²) in [6.07, 6.45) is 4.29. The Hall–Kier alpha value is -2.47. The molecule has 2 aromatic rings. The molecule has 0 spiro atoms. The molecule has 2 heterocycles. The van der Waals surface area contributed by atoms with Crippen LogP contribution in [0.5, 0.6) is 5.88 Å². The second kappa shape index (κ2) is 8.69. The summed E-state index contributed by atoms with van der Waals surface area (Å²) in [5.41, 5.74) is 2.06. The molecule has 2 fully saturated rings. The number of halogens is 1. The molecule has 0 atom stereocenters. The van der Waals surface area contributed by atoms with E-state index in [1.54, 1.807) is 6.20 Å². The van der Waals surface area contributed by atoms with Gasteiger partial charge in [-0.25, -0.2) is 9.78 Å². The van der Waals surface area contributed by atoms with Gasteiger partial charge in [0, 0.05) is 55.7 Å². The van der Waals surface area contributed by atoms with Gasteiger partial charge in [0.1, 0.15) is 0 Å². The minimum absolute atomic E-state index is 0.0418. The van der Waals surface area contributed by atoms with E-state index in [4.69, 9.17) is 16.3 Å². The minimum atomic E-state index is -0.0418. The van der Waals surface area contributed by atoms with Gasteiger partial charge in [0.15, 0.2) is 0 Å². The number of carbonyl (C=O) groups excluding carboxylic acids is 1. The number of hydrogen-bond donors (Lipinski definition) is 1. The Morgan fingerprint density at radius 3 is 2.68 bits per heavy atom. The van der Waals surface area contributed by atoms with Crippen molar-refractivity contribution in [2.75, 3.05) is 37.7 Å². The zero-order valence-corrected chi connectivity index (χ0v) is 16.6. The molecule has 1 aliphatic carbocycles. The van der Waals surface area contributed by atoms with E-state index in [0.717, 1.165) is 36.0 Å². The first kappa shape index (κ1) is 18.9. The Labute approximate surface area is 170 Å². The molecule has 6 nitrogen and oxygen atoms in total. The zero-order valence-electron chi connectivity index (χ0n) is 15.8. The fourth-order valence-corrected chi connectivity index (χ4v) is 3.40. The van der Waals surface area contributed by atoms with Gasteiger partial charge in [-0.2, -0.15) is 0 Å².